The van der Waals surface area contributed by atoms with Crippen LogP contribution in [0, 0.1) is 0 Å². The van der Waals surface area contributed by atoms with Crippen LogP contribution in [0.4, 0.5) is 0 Å². The minimum Gasteiger partial charge on any atom is -0.493 e. The van der Waals surface area contributed by atoms with Crippen molar-refractivity contribution >= 4 is 23.4 Å². The van der Waals surface area contributed by atoms with Gasteiger partial charge in [-0.15, -0.1) is 0 Å². The summed E-state index contributed by atoms with van der Waals surface area (Å²) in [5, 5.41) is 3.93. The van der Waals surface area contributed by atoms with Gasteiger partial charge in [0.05, 0.1) is 25.9 Å². The zero-order chi connectivity index (χ0) is 26.0. The molecule has 0 saturated heterocycles. The van der Waals surface area contributed by atoms with Crippen LogP contribution in [-0.4, -0.2) is 32.1 Å². The molecule has 0 amide bonds. The largest absolute Gasteiger partial charge is 0.493 e. The van der Waals surface area contributed by atoms with Crippen molar-refractivity contribution in [2.45, 2.75) is 58.0 Å². The molecule has 190 valence electrons. The number of dihydropyridines is 1. The van der Waals surface area contributed by atoms with Crippen LogP contribution in [0.25, 0.3) is 0 Å². The molecular formula is C29H32ClNO5. The van der Waals surface area contributed by atoms with Crippen molar-refractivity contribution < 1.29 is 23.8 Å². The van der Waals surface area contributed by atoms with Crippen LogP contribution in [0.3, 0.4) is 0 Å². The quantitative estimate of drug-likeness (QED) is 0.457. The fourth-order valence-electron chi connectivity index (χ4n) is 5.00. The molecule has 0 bridgehead atoms. The van der Waals surface area contributed by atoms with Gasteiger partial charge in [-0.2, -0.15) is 0 Å². The molecule has 2 aliphatic rings. The summed E-state index contributed by atoms with van der Waals surface area (Å²) < 4.78 is 16.6. The third-order valence-corrected chi connectivity index (χ3v) is 7.23. The molecule has 0 radical (unpaired) electrons. The van der Waals surface area contributed by atoms with Gasteiger partial charge in [0.15, 0.2) is 17.3 Å². The summed E-state index contributed by atoms with van der Waals surface area (Å²) in [6.07, 6.45) is 1.41. The number of esters is 1. The van der Waals surface area contributed by atoms with E-state index in [4.69, 9.17) is 25.8 Å². The zero-order valence-electron chi connectivity index (χ0n) is 21.3. The lowest BCUT2D eigenvalue weighted by Gasteiger charge is -2.37. The summed E-state index contributed by atoms with van der Waals surface area (Å²) in [7, 11) is 3.19. The number of carbonyl (C=O) groups is 2. The molecule has 1 aliphatic heterocycles. The molecule has 1 aliphatic carbocycles. The number of halogens is 1. The number of ether oxygens (including phenoxy) is 3. The summed E-state index contributed by atoms with van der Waals surface area (Å²) >= 11 is 6.33. The van der Waals surface area contributed by atoms with Gasteiger partial charge in [-0.25, -0.2) is 4.79 Å². The van der Waals surface area contributed by atoms with Crippen LogP contribution in [-0.2, 0) is 14.3 Å². The molecule has 0 aromatic heterocycles. The van der Waals surface area contributed by atoms with E-state index in [0.29, 0.717) is 52.6 Å². The molecule has 2 aromatic carbocycles. The number of ketones is 1. The molecule has 36 heavy (non-hydrogen) atoms. The van der Waals surface area contributed by atoms with E-state index >= 15 is 0 Å². The van der Waals surface area contributed by atoms with Gasteiger partial charge in [0, 0.05) is 34.3 Å². The van der Waals surface area contributed by atoms with E-state index < -0.39 is 11.9 Å². The van der Waals surface area contributed by atoms with Crippen LogP contribution in [0.5, 0.6) is 11.5 Å². The Morgan fingerprint density at radius 3 is 2.50 bits per heavy atom. The summed E-state index contributed by atoms with van der Waals surface area (Å²) in [6.45, 7) is 5.69. The average Bonchev–Trinajstić information content (AvgIpc) is 2.86. The molecule has 6 nitrogen and oxygen atoms in total. The number of benzene rings is 2. The van der Waals surface area contributed by atoms with E-state index in [2.05, 4.69) is 5.32 Å². The van der Waals surface area contributed by atoms with Crippen LogP contribution in [0.1, 0.15) is 63.0 Å². The molecule has 2 aromatic rings. The predicted octanol–water partition coefficient (Wildman–Crippen LogP) is 6.06. The van der Waals surface area contributed by atoms with E-state index in [9.17, 15) is 9.59 Å². The Morgan fingerprint density at radius 1 is 1.08 bits per heavy atom. The maximum atomic E-state index is 13.8. The number of carbonyl (C=O) groups excluding carboxylic acids is 2. The molecule has 0 spiro atoms. The van der Waals surface area contributed by atoms with E-state index in [1.165, 1.54) is 0 Å². The maximum absolute atomic E-state index is 13.8. The standard InChI is InChI=1S/C29H32ClNO5/c1-6-16(2)36-29(33)26-17(3)31-22-13-20(18-10-11-24(34-4)25(15-18)35-5)14-23(32)28(22)27(26)19-8-7-9-21(30)12-19/h7-12,15-16,20,27,31H,6,13-14H2,1-5H3. The molecule has 3 unspecified atom stereocenters. The molecule has 1 heterocycles. The molecule has 4 rings (SSSR count). The summed E-state index contributed by atoms with van der Waals surface area (Å²) in [4.78, 5) is 27.1. The first-order valence-electron chi connectivity index (χ1n) is 12.2. The van der Waals surface area contributed by atoms with E-state index in [-0.39, 0.29) is 17.8 Å². The lowest BCUT2D eigenvalue weighted by molar-refractivity contribution is -0.144. The van der Waals surface area contributed by atoms with Gasteiger partial charge in [0.25, 0.3) is 0 Å². The van der Waals surface area contributed by atoms with Crippen molar-refractivity contribution in [3.8, 4) is 11.5 Å². The van der Waals surface area contributed by atoms with Gasteiger partial charge in [-0.3, -0.25) is 4.79 Å². The average molecular weight is 510 g/mol. The lowest BCUT2D eigenvalue weighted by Crippen LogP contribution is -2.36. The van der Waals surface area contributed by atoms with E-state index in [1.54, 1.807) is 20.3 Å². The van der Waals surface area contributed by atoms with Crippen molar-refractivity contribution in [1.82, 2.24) is 5.32 Å². The Bertz CT molecular complexity index is 1250. The maximum Gasteiger partial charge on any atom is 0.337 e. The topological polar surface area (TPSA) is 73.9 Å². The van der Waals surface area contributed by atoms with Crippen LogP contribution < -0.4 is 14.8 Å². The normalized spacial score (nSPS) is 20.4. The Kier molecular flexibility index (Phi) is 7.74. The van der Waals surface area contributed by atoms with E-state index in [0.717, 1.165) is 16.8 Å². The van der Waals surface area contributed by atoms with Crippen molar-refractivity contribution in [3.63, 3.8) is 0 Å². The SMILES string of the molecule is CCC(C)OC(=O)C1=C(C)NC2=C(C(=O)CC(c3ccc(OC)c(OC)c3)C2)C1c1cccc(Cl)c1. The number of Topliss-reactive ketones (excluding diaryl/α,β-unsaturated/α-hetero) is 1. The summed E-state index contributed by atoms with van der Waals surface area (Å²) in [5.41, 5.74) is 4.37. The molecule has 7 heteroatoms. The molecule has 0 saturated carbocycles. The van der Waals surface area contributed by atoms with Crippen molar-refractivity contribution in [2.75, 3.05) is 14.2 Å². The third kappa shape index (κ3) is 5.00. The Hall–Kier alpha value is -3.25. The number of methoxy groups -OCH3 is 2. The van der Waals surface area contributed by atoms with Gasteiger partial charge in [0.2, 0.25) is 0 Å². The number of hydrogen-bond acceptors (Lipinski definition) is 6. The van der Waals surface area contributed by atoms with Crippen LogP contribution in [0.15, 0.2) is 65.0 Å². The first kappa shape index (κ1) is 25.8. The Labute approximate surface area is 217 Å². The highest BCUT2D eigenvalue weighted by Gasteiger charge is 2.41. The van der Waals surface area contributed by atoms with Crippen LogP contribution in [0.2, 0.25) is 5.02 Å². The van der Waals surface area contributed by atoms with Crippen molar-refractivity contribution in [1.29, 1.82) is 0 Å². The van der Waals surface area contributed by atoms with Crippen molar-refractivity contribution in [2.24, 2.45) is 0 Å². The highest BCUT2D eigenvalue weighted by molar-refractivity contribution is 6.30. The fourth-order valence-corrected chi connectivity index (χ4v) is 5.20. The third-order valence-electron chi connectivity index (χ3n) is 6.99. The minimum absolute atomic E-state index is 0.00477. The second-order valence-corrected chi connectivity index (χ2v) is 9.75. The van der Waals surface area contributed by atoms with Gasteiger partial charge in [0.1, 0.15) is 0 Å². The number of nitrogens with one attached hydrogen (secondary N) is 1. The highest BCUT2D eigenvalue weighted by atomic mass is 35.5. The molecule has 3 atom stereocenters. The predicted molar refractivity (Wildman–Crippen MR) is 139 cm³/mol. The van der Waals surface area contributed by atoms with Gasteiger partial charge in [-0.1, -0.05) is 36.7 Å². The second kappa shape index (κ2) is 10.8. The Balaban J connectivity index is 1.76. The number of hydrogen-bond donors (Lipinski definition) is 1. The Morgan fingerprint density at radius 2 is 1.83 bits per heavy atom. The summed E-state index contributed by atoms with van der Waals surface area (Å²) in [6, 6.07) is 13.1. The zero-order valence-corrected chi connectivity index (χ0v) is 22.1. The van der Waals surface area contributed by atoms with Gasteiger partial charge < -0.3 is 19.5 Å². The van der Waals surface area contributed by atoms with Crippen LogP contribution >= 0.6 is 11.6 Å². The smallest absolute Gasteiger partial charge is 0.337 e. The second-order valence-electron chi connectivity index (χ2n) is 9.31. The monoisotopic (exact) mass is 509 g/mol. The lowest BCUT2D eigenvalue weighted by atomic mass is 9.71. The first-order valence-corrected chi connectivity index (χ1v) is 12.6. The van der Waals surface area contributed by atoms with Gasteiger partial charge in [-0.05, 0) is 68.0 Å². The highest BCUT2D eigenvalue weighted by Crippen LogP contribution is 2.46. The fraction of sp³-hybridized carbons (Fsp3) is 0.379. The molecule has 1 N–H and O–H groups in total. The molecule has 0 fully saturated rings. The van der Waals surface area contributed by atoms with Gasteiger partial charge >= 0.3 is 5.97 Å². The number of allylic oxidation sites excluding steroid dienone is 3. The van der Waals surface area contributed by atoms with E-state index in [1.807, 2.05) is 57.2 Å². The number of rotatable bonds is 7. The summed E-state index contributed by atoms with van der Waals surface area (Å²) in [5.74, 6) is 0.265. The van der Waals surface area contributed by atoms with Crippen molar-refractivity contribution in [3.05, 3.63) is 81.2 Å². The minimum atomic E-state index is -0.546. The molecular weight excluding hydrogens is 478 g/mol. The first-order chi connectivity index (χ1) is 17.3.